The van der Waals surface area contributed by atoms with E-state index >= 15 is 0 Å². The average Bonchev–Trinajstić information content (AvgIpc) is 2.49. The Labute approximate surface area is 120 Å². The minimum Gasteiger partial charge on any atom is -0.497 e. The lowest BCUT2D eigenvalue weighted by Gasteiger charge is -2.03. The van der Waals surface area contributed by atoms with Crippen LogP contribution in [0.5, 0.6) is 5.75 Å². The molecule has 0 fully saturated rings. The quantitative estimate of drug-likeness (QED) is 0.395. The van der Waals surface area contributed by atoms with Gasteiger partial charge in [0.05, 0.1) is 13.7 Å². The second-order valence-electron chi connectivity index (χ2n) is 4.24. The molecule has 0 aromatic heterocycles. The first-order valence-corrected chi connectivity index (χ1v) is 6.83. The van der Waals surface area contributed by atoms with Crippen molar-refractivity contribution in [2.75, 3.05) is 26.9 Å². The molecule has 0 amide bonds. The summed E-state index contributed by atoms with van der Waals surface area (Å²) < 4.78 is 15.4. The molecule has 0 aliphatic rings. The fourth-order valence-corrected chi connectivity index (χ4v) is 1.51. The van der Waals surface area contributed by atoms with Crippen molar-refractivity contribution in [2.24, 2.45) is 0 Å². The highest BCUT2D eigenvalue weighted by molar-refractivity contribution is 5.87. The monoisotopic (exact) mass is 278 g/mol. The Kier molecular flexibility index (Phi) is 8.15. The normalized spacial score (nSPS) is 10.7. The minimum absolute atomic E-state index is 0.283. The summed E-state index contributed by atoms with van der Waals surface area (Å²) in [6.45, 7) is 3.55. The molecular weight excluding hydrogens is 256 g/mol. The topological polar surface area (TPSA) is 44.8 Å². The number of unbranched alkanes of at least 4 members (excludes halogenated alkanes) is 1. The molecular formula is C16H22O4. The Morgan fingerprint density at radius 3 is 2.85 bits per heavy atom. The Balaban J connectivity index is 2.25. The molecule has 1 aromatic rings. The van der Waals surface area contributed by atoms with Crippen molar-refractivity contribution in [3.8, 4) is 5.75 Å². The Morgan fingerprint density at radius 1 is 1.25 bits per heavy atom. The molecule has 0 aliphatic heterocycles. The van der Waals surface area contributed by atoms with Crippen molar-refractivity contribution in [2.45, 2.75) is 19.8 Å². The van der Waals surface area contributed by atoms with Crippen LogP contribution in [-0.2, 0) is 14.3 Å². The van der Waals surface area contributed by atoms with E-state index in [4.69, 9.17) is 14.2 Å². The van der Waals surface area contributed by atoms with E-state index in [9.17, 15) is 4.79 Å². The van der Waals surface area contributed by atoms with E-state index in [0.29, 0.717) is 13.2 Å². The molecule has 0 radical (unpaired) electrons. The van der Waals surface area contributed by atoms with Gasteiger partial charge in [-0.05, 0) is 30.2 Å². The van der Waals surface area contributed by atoms with Crippen molar-refractivity contribution in [1.29, 1.82) is 0 Å². The standard InChI is InChI=1S/C16H22O4/c1-3-4-10-19-11-12-20-16(17)9-8-14-6-5-7-15(13-14)18-2/h5-9,13H,3-4,10-12H2,1-2H3. The van der Waals surface area contributed by atoms with Crippen LogP contribution in [0.4, 0.5) is 0 Å². The van der Waals surface area contributed by atoms with Gasteiger partial charge in [0.2, 0.25) is 0 Å². The van der Waals surface area contributed by atoms with E-state index < -0.39 is 0 Å². The molecule has 0 spiro atoms. The van der Waals surface area contributed by atoms with Gasteiger partial charge in [0.1, 0.15) is 12.4 Å². The molecule has 0 N–H and O–H groups in total. The van der Waals surface area contributed by atoms with Gasteiger partial charge in [-0.25, -0.2) is 4.79 Å². The number of hydrogen-bond donors (Lipinski definition) is 0. The van der Waals surface area contributed by atoms with Crippen LogP contribution in [0.15, 0.2) is 30.3 Å². The van der Waals surface area contributed by atoms with Gasteiger partial charge in [-0.2, -0.15) is 0 Å². The van der Waals surface area contributed by atoms with Crippen LogP contribution >= 0.6 is 0 Å². The Hall–Kier alpha value is -1.81. The molecule has 0 aliphatic carbocycles. The number of carbonyl (C=O) groups excluding carboxylic acids is 1. The van der Waals surface area contributed by atoms with E-state index in [1.807, 2.05) is 24.3 Å². The smallest absolute Gasteiger partial charge is 0.330 e. The van der Waals surface area contributed by atoms with Crippen LogP contribution in [0, 0.1) is 0 Å². The molecule has 4 heteroatoms. The van der Waals surface area contributed by atoms with Crippen molar-refractivity contribution < 1.29 is 19.0 Å². The Morgan fingerprint density at radius 2 is 2.10 bits per heavy atom. The summed E-state index contributed by atoms with van der Waals surface area (Å²) in [4.78, 5) is 11.5. The van der Waals surface area contributed by atoms with E-state index in [1.54, 1.807) is 13.2 Å². The summed E-state index contributed by atoms with van der Waals surface area (Å²) in [5.74, 6) is 0.386. The molecule has 1 aromatic carbocycles. The number of ether oxygens (including phenoxy) is 3. The summed E-state index contributed by atoms with van der Waals surface area (Å²) >= 11 is 0. The highest BCUT2D eigenvalue weighted by Crippen LogP contribution is 2.13. The van der Waals surface area contributed by atoms with Crippen LogP contribution in [0.2, 0.25) is 0 Å². The van der Waals surface area contributed by atoms with Gasteiger partial charge in [0.15, 0.2) is 0 Å². The lowest BCUT2D eigenvalue weighted by Crippen LogP contribution is -2.08. The third kappa shape index (κ3) is 6.95. The lowest BCUT2D eigenvalue weighted by atomic mass is 10.2. The zero-order valence-corrected chi connectivity index (χ0v) is 12.1. The van der Waals surface area contributed by atoms with Gasteiger partial charge in [0, 0.05) is 12.7 Å². The number of rotatable bonds is 9. The van der Waals surface area contributed by atoms with Crippen molar-refractivity contribution in [3.05, 3.63) is 35.9 Å². The molecule has 0 saturated carbocycles. The molecule has 0 heterocycles. The van der Waals surface area contributed by atoms with Crippen LogP contribution in [0.25, 0.3) is 6.08 Å². The van der Waals surface area contributed by atoms with Crippen LogP contribution in [0.1, 0.15) is 25.3 Å². The van der Waals surface area contributed by atoms with E-state index in [1.165, 1.54) is 6.08 Å². The fraction of sp³-hybridized carbons (Fsp3) is 0.438. The Bertz CT molecular complexity index is 426. The summed E-state index contributed by atoms with van der Waals surface area (Å²) in [7, 11) is 1.61. The maximum atomic E-state index is 11.5. The first kappa shape index (κ1) is 16.2. The second-order valence-corrected chi connectivity index (χ2v) is 4.24. The van der Waals surface area contributed by atoms with Crippen molar-refractivity contribution in [1.82, 2.24) is 0 Å². The fourth-order valence-electron chi connectivity index (χ4n) is 1.51. The highest BCUT2D eigenvalue weighted by atomic mass is 16.6. The zero-order valence-electron chi connectivity index (χ0n) is 12.1. The van der Waals surface area contributed by atoms with Crippen LogP contribution in [-0.4, -0.2) is 32.9 Å². The maximum Gasteiger partial charge on any atom is 0.330 e. The summed E-state index contributed by atoms with van der Waals surface area (Å²) in [6, 6.07) is 7.45. The number of benzene rings is 1. The molecule has 0 bridgehead atoms. The third-order valence-electron chi connectivity index (χ3n) is 2.62. The van der Waals surface area contributed by atoms with Crippen LogP contribution < -0.4 is 4.74 Å². The van der Waals surface area contributed by atoms with E-state index in [2.05, 4.69) is 6.92 Å². The molecule has 0 unspecified atom stereocenters. The number of hydrogen-bond acceptors (Lipinski definition) is 4. The molecule has 0 atom stereocenters. The van der Waals surface area contributed by atoms with Crippen molar-refractivity contribution in [3.63, 3.8) is 0 Å². The molecule has 4 nitrogen and oxygen atoms in total. The predicted octanol–water partition coefficient (Wildman–Crippen LogP) is 3.07. The van der Waals surface area contributed by atoms with Gasteiger partial charge in [-0.1, -0.05) is 25.5 Å². The van der Waals surface area contributed by atoms with Gasteiger partial charge in [-0.3, -0.25) is 0 Å². The summed E-state index contributed by atoms with van der Waals surface area (Å²) in [5.41, 5.74) is 0.889. The van der Waals surface area contributed by atoms with E-state index in [-0.39, 0.29) is 12.6 Å². The first-order valence-electron chi connectivity index (χ1n) is 6.83. The maximum absolute atomic E-state index is 11.5. The predicted molar refractivity (Wildman–Crippen MR) is 78.7 cm³/mol. The largest absolute Gasteiger partial charge is 0.497 e. The second kappa shape index (κ2) is 10.0. The molecule has 20 heavy (non-hydrogen) atoms. The van der Waals surface area contributed by atoms with Gasteiger partial charge < -0.3 is 14.2 Å². The average molecular weight is 278 g/mol. The molecule has 1 rings (SSSR count). The summed E-state index contributed by atoms with van der Waals surface area (Å²) in [5, 5.41) is 0. The lowest BCUT2D eigenvalue weighted by molar-refractivity contribution is -0.139. The molecule has 110 valence electrons. The highest BCUT2D eigenvalue weighted by Gasteiger charge is 1.98. The summed E-state index contributed by atoms with van der Waals surface area (Å²) in [6.07, 6.45) is 5.23. The van der Waals surface area contributed by atoms with E-state index in [0.717, 1.165) is 24.2 Å². The van der Waals surface area contributed by atoms with Gasteiger partial charge in [0.25, 0.3) is 0 Å². The number of esters is 1. The molecule has 0 saturated heterocycles. The zero-order chi connectivity index (χ0) is 14.6. The van der Waals surface area contributed by atoms with Crippen molar-refractivity contribution >= 4 is 12.0 Å². The van der Waals surface area contributed by atoms with Crippen LogP contribution in [0.3, 0.4) is 0 Å². The number of carbonyl (C=O) groups is 1. The number of methoxy groups -OCH3 is 1. The minimum atomic E-state index is -0.369. The van der Waals surface area contributed by atoms with Gasteiger partial charge in [-0.15, -0.1) is 0 Å². The third-order valence-corrected chi connectivity index (χ3v) is 2.62. The SMILES string of the molecule is CCCCOCCOC(=O)C=Cc1cccc(OC)c1. The first-order chi connectivity index (χ1) is 9.76. The van der Waals surface area contributed by atoms with Gasteiger partial charge >= 0.3 is 5.97 Å².